The molecular weight excluding hydrogens is 344 g/mol. The molecule has 4 heteroatoms. The zero-order chi connectivity index (χ0) is 20.7. The predicted octanol–water partition coefficient (Wildman–Crippen LogP) is 5.91. The van der Waals surface area contributed by atoms with Crippen molar-refractivity contribution in [2.45, 2.75) is 59.5 Å². The molecule has 0 saturated carbocycles. The normalized spacial score (nSPS) is 12.3. The summed E-state index contributed by atoms with van der Waals surface area (Å²) in [7, 11) is 2.15. The third-order valence-electron chi connectivity index (χ3n) is 5.23. The Morgan fingerprint density at radius 3 is 1.96 bits per heavy atom. The van der Waals surface area contributed by atoms with Gasteiger partial charge in [-0.3, -0.25) is 0 Å². The van der Waals surface area contributed by atoms with Crippen molar-refractivity contribution in [3.8, 4) is 22.5 Å². The molecule has 3 aromatic rings. The summed E-state index contributed by atoms with van der Waals surface area (Å²) in [5, 5.41) is 9.24. The SMILES string of the molecule is Cc1ccccc1-c1nnn(C(C)(C)C)c1-c1ccccc1N(C)C(C)(C)C. The summed E-state index contributed by atoms with van der Waals surface area (Å²) in [5.41, 5.74) is 6.47. The molecule has 28 heavy (non-hydrogen) atoms. The molecule has 0 unspecified atom stereocenters. The van der Waals surface area contributed by atoms with Crippen molar-refractivity contribution in [1.82, 2.24) is 15.0 Å². The molecule has 0 amide bonds. The predicted molar refractivity (Wildman–Crippen MR) is 119 cm³/mol. The summed E-state index contributed by atoms with van der Waals surface area (Å²) in [6.07, 6.45) is 0. The third-order valence-corrected chi connectivity index (χ3v) is 5.23. The lowest BCUT2D eigenvalue weighted by Crippen LogP contribution is -2.38. The minimum atomic E-state index is -0.184. The van der Waals surface area contributed by atoms with E-state index in [1.54, 1.807) is 0 Å². The fourth-order valence-corrected chi connectivity index (χ4v) is 3.34. The van der Waals surface area contributed by atoms with E-state index in [4.69, 9.17) is 0 Å². The van der Waals surface area contributed by atoms with Gasteiger partial charge in [-0.1, -0.05) is 47.7 Å². The molecule has 0 fully saturated rings. The molecule has 4 nitrogen and oxygen atoms in total. The van der Waals surface area contributed by atoms with E-state index in [0.29, 0.717) is 0 Å². The van der Waals surface area contributed by atoms with Crippen LogP contribution in [0.4, 0.5) is 5.69 Å². The van der Waals surface area contributed by atoms with Crippen molar-refractivity contribution in [1.29, 1.82) is 0 Å². The van der Waals surface area contributed by atoms with Gasteiger partial charge in [-0.05, 0) is 60.1 Å². The van der Waals surface area contributed by atoms with Crippen LogP contribution < -0.4 is 4.90 Å². The molecule has 0 radical (unpaired) electrons. The Kier molecular flexibility index (Phi) is 5.09. The summed E-state index contributed by atoms with van der Waals surface area (Å²) in [6.45, 7) is 15.3. The van der Waals surface area contributed by atoms with E-state index >= 15 is 0 Å². The highest BCUT2D eigenvalue weighted by Gasteiger charge is 2.28. The number of nitrogens with zero attached hydrogens (tertiary/aromatic N) is 4. The van der Waals surface area contributed by atoms with Crippen LogP contribution in [0.25, 0.3) is 22.5 Å². The van der Waals surface area contributed by atoms with Gasteiger partial charge in [0.25, 0.3) is 0 Å². The number of anilines is 1. The maximum atomic E-state index is 4.65. The monoisotopic (exact) mass is 376 g/mol. The van der Waals surface area contributed by atoms with Crippen LogP contribution >= 0.6 is 0 Å². The molecule has 0 saturated heterocycles. The molecule has 1 heterocycles. The number of aromatic nitrogens is 3. The maximum absolute atomic E-state index is 4.65. The first-order chi connectivity index (χ1) is 13.0. The summed E-state index contributed by atoms with van der Waals surface area (Å²) in [5.74, 6) is 0. The van der Waals surface area contributed by atoms with Gasteiger partial charge in [-0.25, -0.2) is 4.68 Å². The third kappa shape index (κ3) is 3.68. The second kappa shape index (κ2) is 7.08. The number of hydrogen-bond donors (Lipinski definition) is 0. The average Bonchev–Trinajstić information content (AvgIpc) is 3.05. The first kappa shape index (κ1) is 20.1. The maximum Gasteiger partial charge on any atom is 0.121 e. The highest BCUT2D eigenvalue weighted by atomic mass is 15.5. The molecule has 148 valence electrons. The number of para-hydroxylation sites is 1. The molecule has 3 rings (SSSR count). The van der Waals surface area contributed by atoms with Crippen molar-refractivity contribution < 1.29 is 0 Å². The van der Waals surface area contributed by atoms with E-state index in [1.807, 2.05) is 0 Å². The molecule has 0 spiro atoms. The molecule has 0 N–H and O–H groups in total. The summed E-state index contributed by atoms with van der Waals surface area (Å²) in [6, 6.07) is 16.9. The van der Waals surface area contributed by atoms with Crippen LogP contribution in [-0.2, 0) is 5.54 Å². The van der Waals surface area contributed by atoms with Crippen molar-refractivity contribution in [2.75, 3.05) is 11.9 Å². The van der Waals surface area contributed by atoms with E-state index in [2.05, 4.69) is 124 Å². The van der Waals surface area contributed by atoms with Crippen LogP contribution in [0, 0.1) is 6.92 Å². The minimum Gasteiger partial charge on any atom is -0.369 e. The fourth-order valence-electron chi connectivity index (χ4n) is 3.34. The van der Waals surface area contributed by atoms with Gasteiger partial charge < -0.3 is 4.90 Å². The number of benzene rings is 2. The van der Waals surface area contributed by atoms with Gasteiger partial charge in [0.1, 0.15) is 5.69 Å². The topological polar surface area (TPSA) is 34.0 Å². The quantitative estimate of drug-likeness (QED) is 0.570. The Morgan fingerprint density at radius 1 is 0.821 bits per heavy atom. The largest absolute Gasteiger partial charge is 0.369 e. The fraction of sp³-hybridized carbons (Fsp3) is 0.417. The average molecular weight is 377 g/mol. The Hall–Kier alpha value is -2.62. The summed E-state index contributed by atoms with van der Waals surface area (Å²) in [4.78, 5) is 2.32. The van der Waals surface area contributed by atoms with Gasteiger partial charge in [-0.2, -0.15) is 0 Å². The van der Waals surface area contributed by atoms with Crippen LogP contribution in [0.5, 0.6) is 0 Å². The van der Waals surface area contributed by atoms with E-state index < -0.39 is 0 Å². The van der Waals surface area contributed by atoms with E-state index in [0.717, 1.165) is 22.5 Å². The molecule has 0 aliphatic carbocycles. The molecule has 0 aliphatic heterocycles. The van der Waals surface area contributed by atoms with Gasteiger partial charge in [0.2, 0.25) is 0 Å². The van der Waals surface area contributed by atoms with Gasteiger partial charge in [0, 0.05) is 29.4 Å². The minimum absolute atomic E-state index is 0.00105. The van der Waals surface area contributed by atoms with Crippen LogP contribution in [-0.4, -0.2) is 27.6 Å². The molecular formula is C24H32N4. The summed E-state index contributed by atoms with van der Waals surface area (Å²) < 4.78 is 2.06. The van der Waals surface area contributed by atoms with Crippen molar-refractivity contribution in [3.05, 3.63) is 54.1 Å². The summed E-state index contributed by atoms with van der Waals surface area (Å²) >= 11 is 0. The van der Waals surface area contributed by atoms with Gasteiger partial charge >= 0.3 is 0 Å². The Bertz CT molecular complexity index is 971. The number of aryl methyl sites for hydroxylation is 1. The zero-order valence-corrected chi connectivity index (χ0v) is 18.4. The molecule has 0 atom stereocenters. The Labute approximate surface area is 169 Å². The van der Waals surface area contributed by atoms with Crippen LogP contribution in [0.15, 0.2) is 48.5 Å². The Balaban J connectivity index is 2.34. The highest BCUT2D eigenvalue weighted by molar-refractivity contribution is 5.86. The lowest BCUT2D eigenvalue weighted by Gasteiger charge is -2.36. The van der Waals surface area contributed by atoms with Crippen LogP contribution in [0.2, 0.25) is 0 Å². The molecule has 1 aromatic heterocycles. The zero-order valence-electron chi connectivity index (χ0n) is 18.4. The Morgan fingerprint density at radius 2 is 1.39 bits per heavy atom. The smallest absolute Gasteiger partial charge is 0.121 e. The molecule has 0 bridgehead atoms. The van der Waals surface area contributed by atoms with Crippen LogP contribution in [0.1, 0.15) is 47.1 Å². The molecule has 2 aromatic carbocycles. The lowest BCUT2D eigenvalue weighted by molar-refractivity contribution is 0.351. The van der Waals surface area contributed by atoms with E-state index in [9.17, 15) is 0 Å². The standard InChI is InChI=1S/C24H32N4/c1-17-13-9-10-14-18(17)21-22(28(26-25-21)24(5,6)7)19-15-11-12-16-20(19)27(8)23(2,3)4/h9-16H,1-8H3. The second-order valence-electron chi connectivity index (χ2n) is 9.43. The lowest BCUT2D eigenvalue weighted by atomic mass is 9.96. The highest BCUT2D eigenvalue weighted by Crippen LogP contribution is 2.40. The first-order valence-corrected chi connectivity index (χ1v) is 9.87. The van der Waals surface area contributed by atoms with Gasteiger partial charge in [-0.15, -0.1) is 5.10 Å². The molecule has 0 aliphatic rings. The van der Waals surface area contributed by atoms with Crippen molar-refractivity contribution in [2.24, 2.45) is 0 Å². The number of hydrogen-bond acceptors (Lipinski definition) is 3. The van der Waals surface area contributed by atoms with E-state index in [1.165, 1.54) is 11.3 Å². The van der Waals surface area contributed by atoms with E-state index in [-0.39, 0.29) is 11.1 Å². The van der Waals surface area contributed by atoms with Crippen LogP contribution in [0.3, 0.4) is 0 Å². The van der Waals surface area contributed by atoms with Gasteiger partial charge in [0.15, 0.2) is 0 Å². The van der Waals surface area contributed by atoms with Gasteiger partial charge in [0.05, 0.1) is 11.2 Å². The number of rotatable bonds is 3. The van der Waals surface area contributed by atoms with Crippen molar-refractivity contribution in [3.63, 3.8) is 0 Å². The first-order valence-electron chi connectivity index (χ1n) is 9.87. The second-order valence-corrected chi connectivity index (χ2v) is 9.43. The van der Waals surface area contributed by atoms with Crippen molar-refractivity contribution >= 4 is 5.69 Å².